The second-order valence-electron chi connectivity index (χ2n) is 5.21. The normalized spacial score (nSPS) is 40.7. The third kappa shape index (κ3) is 1.67. The molecule has 0 aromatic rings. The zero-order chi connectivity index (χ0) is 11.1. The van der Waals surface area contributed by atoms with Crippen molar-refractivity contribution in [2.75, 3.05) is 0 Å². The number of carbonyl (C=O) groups is 1. The van der Waals surface area contributed by atoms with Gasteiger partial charge in [-0.25, -0.2) is 0 Å². The first-order chi connectivity index (χ1) is 7.08. The molecular weight excluding hydrogens is 192 g/mol. The number of carboxylic acid groups (broad SMARTS) is 1. The molecule has 2 aliphatic rings. The number of ether oxygens (including phenoxy) is 1. The maximum absolute atomic E-state index is 11.5. The van der Waals surface area contributed by atoms with Crippen LogP contribution in [0.1, 0.15) is 46.0 Å². The van der Waals surface area contributed by atoms with Crippen LogP contribution >= 0.6 is 0 Å². The highest BCUT2D eigenvalue weighted by molar-refractivity contribution is 5.76. The Morgan fingerprint density at radius 1 is 1.60 bits per heavy atom. The largest absolute Gasteiger partial charge is 0.481 e. The van der Waals surface area contributed by atoms with E-state index in [1.54, 1.807) is 0 Å². The first-order valence-corrected chi connectivity index (χ1v) is 5.97. The van der Waals surface area contributed by atoms with Crippen molar-refractivity contribution in [3.63, 3.8) is 0 Å². The molecule has 0 aromatic heterocycles. The van der Waals surface area contributed by atoms with Crippen LogP contribution in [-0.4, -0.2) is 23.3 Å². The summed E-state index contributed by atoms with van der Waals surface area (Å²) in [6.07, 6.45) is 4.75. The summed E-state index contributed by atoms with van der Waals surface area (Å²) in [5.41, 5.74) is -0.571. The topological polar surface area (TPSA) is 46.5 Å². The molecule has 0 saturated carbocycles. The number of aliphatic carboxylic acids is 1. The summed E-state index contributed by atoms with van der Waals surface area (Å²) in [5.74, 6) is -0.168. The van der Waals surface area contributed by atoms with E-state index in [9.17, 15) is 9.90 Å². The van der Waals surface area contributed by atoms with E-state index < -0.39 is 11.4 Å². The predicted octanol–water partition coefficient (Wildman–Crippen LogP) is 2.44. The molecule has 2 saturated heterocycles. The highest BCUT2D eigenvalue weighted by atomic mass is 16.5. The molecule has 0 aromatic carbocycles. The van der Waals surface area contributed by atoms with Crippen molar-refractivity contribution < 1.29 is 14.6 Å². The molecule has 2 rings (SSSR count). The van der Waals surface area contributed by atoms with Crippen LogP contribution in [0.5, 0.6) is 0 Å². The van der Waals surface area contributed by atoms with Gasteiger partial charge in [-0.2, -0.15) is 0 Å². The Morgan fingerprint density at radius 2 is 2.33 bits per heavy atom. The van der Waals surface area contributed by atoms with E-state index in [-0.39, 0.29) is 12.2 Å². The summed E-state index contributed by atoms with van der Waals surface area (Å²) in [6.45, 7) is 4.25. The van der Waals surface area contributed by atoms with Crippen LogP contribution in [0, 0.1) is 11.3 Å². The van der Waals surface area contributed by atoms with Crippen LogP contribution in [0.4, 0.5) is 0 Å². The van der Waals surface area contributed by atoms with Crippen molar-refractivity contribution in [2.45, 2.75) is 58.2 Å². The summed E-state index contributed by atoms with van der Waals surface area (Å²) < 4.78 is 5.71. The van der Waals surface area contributed by atoms with Gasteiger partial charge in [-0.1, -0.05) is 20.3 Å². The Morgan fingerprint density at radius 3 is 2.73 bits per heavy atom. The molecule has 0 radical (unpaired) electrons. The smallest absolute Gasteiger partial charge is 0.312 e. The van der Waals surface area contributed by atoms with Crippen molar-refractivity contribution in [3.8, 4) is 0 Å². The number of carboxylic acids is 1. The van der Waals surface area contributed by atoms with Crippen LogP contribution < -0.4 is 0 Å². The summed E-state index contributed by atoms with van der Waals surface area (Å²) >= 11 is 0. The van der Waals surface area contributed by atoms with E-state index in [0.717, 1.165) is 32.1 Å². The average molecular weight is 212 g/mol. The maximum atomic E-state index is 11.5. The fourth-order valence-corrected chi connectivity index (χ4v) is 3.09. The summed E-state index contributed by atoms with van der Waals surface area (Å²) in [6, 6.07) is 0. The molecule has 4 unspecified atom stereocenters. The molecule has 2 fully saturated rings. The molecule has 0 aliphatic carbocycles. The van der Waals surface area contributed by atoms with Crippen molar-refractivity contribution >= 4 is 5.97 Å². The van der Waals surface area contributed by atoms with E-state index in [1.165, 1.54) is 0 Å². The Hall–Kier alpha value is -0.570. The van der Waals surface area contributed by atoms with E-state index in [2.05, 4.69) is 13.8 Å². The van der Waals surface area contributed by atoms with Gasteiger partial charge in [0.05, 0.1) is 17.6 Å². The SMILES string of the molecule is CCC(C)CC1(C(=O)O)CC2CCC1O2. The Kier molecular flexibility index (Phi) is 2.75. The highest BCUT2D eigenvalue weighted by Gasteiger charge is 2.57. The van der Waals surface area contributed by atoms with Crippen LogP contribution in [-0.2, 0) is 9.53 Å². The van der Waals surface area contributed by atoms with E-state index >= 15 is 0 Å². The lowest BCUT2D eigenvalue weighted by molar-refractivity contribution is -0.153. The minimum atomic E-state index is -0.644. The second kappa shape index (κ2) is 3.78. The lowest BCUT2D eigenvalue weighted by atomic mass is 9.69. The molecule has 0 amide bonds. The van der Waals surface area contributed by atoms with Gasteiger partial charge in [0, 0.05) is 0 Å². The van der Waals surface area contributed by atoms with Crippen LogP contribution in [0.2, 0.25) is 0 Å². The monoisotopic (exact) mass is 212 g/mol. The van der Waals surface area contributed by atoms with E-state index in [1.807, 2.05) is 0 Å². The Labute approximate surface area is 90.8 Å². The fourth-order valence-electron chi connectivity index (χ4n) is 3.09. The average Bonchev–Trinajstić information content (AvgIpc) is 2.77. The minimum Gasteiger partial charge on any atom is -0.481 e. The highest BCUT2D eigenvalue weighted by Crippen LogP contribution is 2.51. The molecule has 0 spiro atoms. The zero-order valence-corrected chi connectivity index (χ0v) is 9.53. The number of hydrogen-bond donors (Lipinski definition) is 1. The quantitative estimate of drug-likeness (QED) is 0.778. The van der Waals surface area contributed by atoms with Crippen molar-refractivity contribution in [2.24, 2.45) is 11.3 Å². The summed E-state index contributed by atoms with van der Waals surface area (Å²) in [4.78, 5) is 11.5. The van der Waals surface area contributed by atoms with Crippen molar-refractivity contribution in [3.05, 3.63) is 0 Å². The standard InChI is InChI=1S/C12H20O3/c1-3-8(2)6-12(11(13)14)7-9-4-5-10(12)15-9/h8-10H,3-7H2,1-2H3,(H,13,14). The van der Waals surface area contributed by atoms with Crippen LogP contribution in [0.3, 0.4) is 0 Å². The third-order valence-electron chi connectivity index (χ3n) is 4.15. The van der Waals surface area contributed by atoms with Gasteiger partial charge in [0.25, 0.3) is 0 Å². The van der Waals surface area contributed by atoms with Gasteiger partial charge < -0.3 is 9.84 Å². The molecule has 3 heteroatoms. The first kappa shape index (κ1) is 10.9. The molecule has 2 aliphatic heterocycles. The van der Waals surface area contributed by atoms with Gasteiger partial charge in [0.15, 0.2) is 0 Å². The molecule has 86 valence electrons. The summed E-state index contributed by atoms with van der Waals surface area (Å²) in [7, 11) is 0. The van der Waals surface area contributed by atoms with Crippen molar-refractivity contribution in [1.82, 2.24) is 0 Å². The maximum Gasteiger partial charge on any atom is 0.312 e. The number of hydrogen-bond acceptors (Lipinski definition) is 2. The predicted molar refractivity (Wildman–Crippen MR) is 56.7 cm³/mol. The molecule has 2 heterocycles. The van der Waals surface area contributed by atoms with Gasteiger partial charge in [0.1, 0.15) is 0 Å². The van der Waals surface area contributed by atoms with E-state index in [4.69, 9.17) is 4.74 Å². The molecular formula is C12H20O3. The van der Waals surface area contributed by atoms with Crippen LogP contribution in [0.25, 0.3) is 0 Å². The lowest BCUT2D eigenvalue weighted by Crippen LogP contribution is -2.41. The van der Waals surface area contributed by atoms with Crippen molar-refractivity contribution in [1.29, 1.82) is 0 Å². The molecule has 4 atom stereocenters. The number of rotatable bonds is 4. The van der Waals surface area contributed by atoms with Gasteiger partial charge in [-0.05, 0) is 31.6 Å². The lowest BCUT2D eigenvalue weighted by Gasteiger charge is -2.33. The summed E-state index contributed by atoms with van der Waals surface area (Å²) in [5, 5.41) is 9.45. The molecule has 1 N–H and O–H groups in total. The zero-order valence-electron chi connectivity index (χ0n) is 9.53. The minimum absolute atomic E-state index is 0.0194. The van der Waals surface area contributed by atoms with Gasteiger partial charge >= 0.3 is 5.97 Å². The van der Waals surface area contributed by atoms with Gasteiger partial charge in [-0.15, -0.1) is 0 Å². The van der Waals surface area contributed by atoms with Gasteiger partial charge in [0.2, 0.25) is 0 Å². The second-order valence-corrected chi connectivity index (χ2v) is 5.21. The molecule has 15 heavy (non-hydrogen) atoms. The Balaban J connectivity index is 2.15. The third-order valence-corrected chi connectivity index (χ3v) is 4.15. The number of fused-ring (bicyclic) bond motifs is 2. The fraction of sp³-hybridized carbons (Fsp3) is 0.917. The van der Waals surface area contributed by atoms with Gasteiger partial charge in [-0.3, -0.25) is 4.79 Å². The Bertz CT molecular complexity index is 264. The van der Waals surface area contributed by atoms with Crippen LogP contribution in [0.15, 0.2) is 0 Å². The van der Waals surface area contributed by atoms with E-state index in [0.29, 0.717) is 5.92 Å². The molecule has 2 bridgehead atoms. The molecule has 3 nitrogen and oxygen atoms in total. The first-order valence-electron chi connectivity index (χ1n) is 5.97.